The molecule has 2 rings (SSSR count). The fraction of sp³-hybridized carbons (Fsp3) is 0.462. The molecule has 0 aliphatic heterocycles. The first-order chi connectivity index (χ1) is 8.94. The van der Waals surface area contributed by atoms with E-state index in [0.717, 1.165) is 12.8 Å². The van der Waals surface area contributed by atoms with Gasteiger partial charge in [-0.1, -0.05) is 24.3 Å². The van der Waals surface area contributed by atoms with Gasteiger partial charge in [-0.3, -0.25) is 4.79 Å². The number of hydrogen-bond acceptors (Lipinski definition) is 2. The van der Waals surface area contributed by atoms with Crippen molar-refractivity contribution in [3.63, 3.8) is 0 Å². The van der Waals surface area contributed by atoms with Gasteiger partial charge in [0.05, 0.1) is 13.1 Å². The van der Waals surface area contributed by atoms with Gasteiger partial charge in [-0.15, -0.1) is 0 Å². The fourth-order valence-corrected chi connectivity index (χ4v) is 2.26. The molecule has 1 aromatic carbocycles. The summed E-state index contributed by atoms with van der Waals surface area (Å²) in [7, 11) is 0. The van der Waals surface area contributed by atoms with Crippen molar-refractivity contribution < 1.29 is 18.0 Å². The second kappa shape index (κ2) is 5.61. The number of fused-ring (bicyclic) bond motifs is 1. The molecule has 1 aliphatic carbocycles. The molecular formula is C13H15F3N2O. The van der Waals surface area contributed by atoms with Crippen LogP contribution in [-0.4, -0.2) is 31.2 Å². The predicted octanol–water partition coefficient (Wildman–Crippen LogP) is 1.42. The van der Waals surface area contributed by atoms with Crippen LogP contribution in [0.5, 0.6) is 0 Å². The van der Waals surface area contributed by atoms with Crippen LogP contribution in [-0.2, 0) is 17.6 Å². The molecule has 6 heteroatoms. The number of alkyl halides is 3. The molecule has 1 aromatic rings. The average Bonchev–Trinajstić information content (AvgIpc) is 2.68. The van der Waals surface area contributed by atoms with Gasteiger partial charge < -0.3 is 10.6 Å². The van der Waals surface area contributed by atoms with Crippen LogP contribution >= 0.6 is 0 Å². The Hall–Kier alpha value is -1.56. The van der Waals surface area contributed by atoms with E-state index in [-0.39, 0.29) is 12.6 Å². The van der Waals surface area contributed by atoms with Gasteiger partial charge >= 0.3 is 6.18 Å². The molecule has 0 saturated heterocycles. The second-order valence-electron chi connectivity index (χ2n) is 4.66. The van der Waals surface area contributed by atoms with Crippen molar-refractivity contribution >= 4 is 5.91 Å². The van der Waals surface area contributed by atoms with Crippen LogP contribution < -0.4 is 10.6 Å². The molecule has 0 spiro atoms. The summed E-state index contributed by atoms with van der Waals surface area (Å²) in [5, 5.41) is 4.83. The lowest BCUT2D eigenvalue weighted by Gasteiger charge is -2.13. The molecule has 0 radical (unpaired) electrons. The van der Waals surface area contributed by atoms with Gasteiger partial charge in [0.2, 0.25) is 5.91 Å². The first-order valence-corrected chi connectivity index (χ1v) is 6.07. The Kier molecular flexibility index (Phi) is 4.09. The van der Waals surface area contributed by atoms with E-state index in [2.05, 4.69) is 10.6 Å². The average molecular weight is 272 g/mol. The summed E-state index contributed by atoms with van der Waals surface area (Å²) in [5.74, 6) is -0.401. The smallest absolute Gasteiger partial charge is 0.352 e. The zero-order valence-corrected chi connectivity index (χ0v) is 10.3. The Morgan fingerprint density at radius 3 is 2.32 bits per heavy atom. The van der Waals surface area contributed by atoms with Gasteiger partial charge in [0.25, 0.3) is 0 Å². The lowest BCUT2D eigenvalue weighted by Crippen LogP contribution is -2.42. The van der Waals surface area contributed by atoms with Gasteiger partial charge in [0, 0.05) is 6.04 Å². The number of halogens is 3. The standard InChI is InChI=1S/C13H15F3N2O/c14-13(15,16)8-17-7-12(19)18-11-5-9-3-1-2-4-10(9)6-11/h1-4,11,17H,5-8H2,(H,18,19). The Bertz CT molecular complexity index is 434. The van der Waals surface area contributed by atoms with E-state index in [9.17, 15) is 18.0 Å². The summed E-state index contributed by atoms with van der Waals surface area (Å²) in [6.45, 7) is -1.46. The van der Waals surface area contributed by atoms with Crippen LogP contribution in [0.25, 0.3) is 0 Å². The van der Waals surface area contributed by atoms with E-state index in [1.807, 2.05) is 24.3 Å². The van der Waals surface area contributed by atoms with Crippen LogP contribution in [0.1, 0.15) is 11.1 Å². The largest absolute Gasteiger partial charge is 0.401 e. The summed E-state index contributed by atoms with van der Waals surface area (Å²) in [4.78, 5) is 11.5. The quantitative estimate of drug-likeness (QED) is 0.870. The third-order valence-electron chi connectivity index (χ3n) is 3.03. The van der Waals surface area contributed by atoms with Crippen molar-refractivity contribution in [3.05, 3.63) is 35.4 Å². The van der Waals surface area contributed by atoms with E-state index in [1.165, 1.54) is 11.1 Å². The topological polar surface area (TPSA) is 41.1 Å². The van der Waals surface area contributed by atoms with Crippen molar-refractivity contribution in [2.45, 2.75) is 25.1 Å². The van der Waals surface area contributed by atoms with Crippen LogP contribution in [0, 0.1) is 0 Å². The zero-order chi connectivity index (χ0) is 13.9. The van der Waals surface area contributed by atoms with E-state index in [1.54, 1.807) is 0 Å². The lowest BCUT2D eigenvalue weighted by atomic mass is 10.1. The Morgan fingerprint density at radius 2 is 1.79 bits per heavy atom. The van der Waals surface area contributed by atoms with Crippen LogP contribution in [0.15, 0.2) is 24.3 Å². The monoisotopic (exact) mass is 272 g/mol. The minimum atomic E-state index is -4.29. The Labute approximate surface area is 109 Å². The number of benzene rings is 1. The number of carbonyl (C=O) groups excluding carboxylic acids is 1. The van der Waals surface area contributed by atoms with Crippen molar-refractivity contribution in [2.75, 3.05) is 13.1 Å². The molecule has 0 unspecified atom stereocenters. The van der Waals surface area contributed by atoms with E-state index >= 15 is 0 Å². The van der Waals surface area contributed by atoms with Crippen molar-refractivity contribution in [1.82, 2.24) is 10.6 Å². The number of nitrogens with one attached hydrogen (secondary N) is 2. The molecular weight excluding hydrogens is 257 g/mol. The van der Waals surface area contributed by atoms with Crippen molar-refractivity contribution in [3.8, 4) is 0 Å². The molecule has 0 atom stereocenters. The molecule has 3 nitrogen and oxygen atoms in total. The Morgan fingerprint density at radius 1 is 1.21 bits per heavy atom. The molecule has 0 saturated carbocycles. The minimum Gasteiger partial charge on any atom is -0.352 e. The maximum absolute atomic E-state index is 11.9. The highest BCUT2D eigenvalue weighted by atomic mass is 19.4. The highest BCUT2D eigenvalue weighted by molar-refractivity contribution is 5.78. The molecule has 0 bridgehead atoms. The normalized spacial score (nSPS) is 15.3. The Balaban J connectivity index is 1.73. The highest BCUT2D eigenvalue weighted by Crippen LogP contribution is 2.21. The van der Waals surface area contributed by atoms with Gasteiger partial charge in [0.1, 0.15) is 0 Å². The van der Waals surface area contributed by atoms with Crippen LogP contribution in [0.3, 0.4) is 0 Å². The summed E-state index contributed by atoms with van der Waals surface area (Å²) < 4.78 is 35.7. The molecule has 0 aromatic heterocycles. The fourth-order valence-electron chi connectivity index (χ4n) is 2.26. The van der Waals surface area contributed by atoms with Gasteiger partial charge in [0.15, 0.2) is 0 Å². The van der Waals surface area contributed by atoms with Crippen LogP contribution in [0.2, 0.25) is 0 Å². The first-order valence-electron chi connectivity index (χ1n) is 6.07. The summed E-state index contributed by atoms with van der Waals surface area (Å²) in [6, 6.07) is 7.87. The number of rotatable bonds is 4. The maximum Gasteiger partial charge on any atom is 0.401 e. The molecule has 2 N–H and O–H groups in total. The van der Waals surface area contributed by atoms with E-state index in [0.29, 0.717) is 0 Å². The molecule has 104 valence electrons. The molecule has 0 fully saturated rings. The maximum atomic E-state index is 11.9. The van der Waals surface area contributed by atoms with Gasteiger partial charge in [-0.2, -0.15) is 13.2 Å². The second-order valence-corrected chi connectivity index (χ2v) is 4.66. The van der Waals surface area contributed by atoms with Crippen molar-refractivity contribution in [1.29, 1.82) is 0 Å². The van der Waals surface area contributed by atoms with E-state index < -0.39 is 18.6 Å². The minimum absolute atomic E-state index is 0.0161. The highest BCUT2D eigenvalue weighted by Gasteiger charge is 2.27. The zero-order valence-electron chi connectivity index (χ0n) is 10.3. The third kappa shape index (κ3) is 4.24. The van der Waals surface area contributed by atoms with Gasteiger partial charge in [-0.25, -0.2) is 0 Å². The first kappa shape index (κ1) is 13.9. The SMILES string of the molecule is O=C(CNCC(F)(F)F)NC1Cc2ccccc2C1. The number of amides is 1. The summed E-state index contributed by atoms with van der Waals surface area (Å²) >= 11 is 0. The predicted molar refractivity (Wildman–Crippen MR) is 64.7 cm³/mol. The molecule has 0 heterocycles. The van der Waals surface area contributed by atoms with E-state index in [4.69, 9.17) is 0 Å². The lowest BCUT2D eigenvalue weighted by molar-refractivity contribution is -0.128. The van der Waals surface area contributed by atoms with Gasteiger partial charge in [-0.05, 0) is 24.0 Å². The summed E-state index contributed by atoms with van der Waals surface area (Å²) in [6.07, 6.45) is -2.81. The molecule has 19 heavy (non-hydrogen) atoms. The van der Waals surface area contributed by atoms with Crippen molar-refractivity contribution in [2.24, 2.45) is 0 Å². The summed E-state index contributed by atoms with van der Waals surface area (Å²) in [5.41, 5.74) is 2.38. The number of carbonyl (C=O) groups is 1. The number of hydrogen-bond donors (Lipinski definition) is 2. The molecule has 1 amide bonds. The van der Waals surface area contributed by atoms with Crippen LogP contribution in [0.4, 0.5) is 13.2 Å². The third-order valence-corrected chi connectivity index (χ3v) is 3.03. The molecule has 1 aliphatic rings.